The van der Waals surface area contributed by atoms with Gasteiger partial charge in [-0.25, -0.2) is 12.7 Å². The average Bonchev–Trinajstić information content (AvgIpc) is 2.11. The van der Waals surface area contributed by atoms with E-state index in [1.165, 1.54) is 6.26 Å². The van der Waals surface area contributed by atoms with Crippen LogP contribution in [0.3, 0.4) is 0 Å². The molecule has 18 heavy (non-hydrogen) atoms. The highest BCUT2D eigenvalue weighted by Crippen LogP contribution is 2.41. The van der Waals surface area contributed by atoms with Crippen LogP contribution in [-0.2, 0) is 10.0 Å². The normalized spacial score (nSPS) is 26.2. The van der Waals surface area contributed by atoms with Crippen LogP contribution in [0.25, 0.3) is 0 Å². The molecule has 0 aromatic carbocycles. The van der Waals surface area contributed by atoms with Gasteiger partial charge in [-0.05, 0) is 31.3 Å². The van der Waals surface area contributed by atoms with Crippen molar-refractivity contribution in [1.82, 2.24) is 9.21 Å². The van der Waals surface area contributed by atoms with Gasteiger partial charge in [0.05, 0.1) is 6.26 Å². The molecule has 0 amide bonds. The van der Waals surface area contributed by atoms with Gasteiger partial charge in [0, 0.05) is 25.0 Å². The van der Waals surface area contributed by atoms with Crippen molar-refractivity contribution in [2.45, 2.75) is 33.6 Å². The van der Waals surface area contributed by atoms with E-state index in [2.05, 4.69) is 25.7 Å². The van der Waals surface area contributed by atoms with E-state index < -0.39 is 10.0 Å². The molecule has 2 rings (SSSR count). The van der Waals surface area contributed by atoms with E-state index in [4.69, 9.17) is 0 Å². The van der Waals surface area contributed by atoms with Crippen molar-refractivity contribution in [1.29, 1.82) is 0 Å². The lowest BCUT2D eigenvalue weighted by molar-refractivity contribution is -0.00643. The summed E-state index contributed by atoms with van der Waals surface area (Å²) in [6, 6.07) is 0. The monoisotopic (exact) mass is 274 g/mol. The lowest BCUT2D eigenvalue weighted by Crippen LogP contribution is -2.61. The lowest BCUT2D eigenvalue weighted by Gasteiger charge is -2.53. The zero-order valence-corrected chi connectivity index (χ0v) is 12.9. The molecule has 0 N–H and O–H groups in total. The molecular weight excluding hydrogens is 248 g/mol. The Hall–Kier alpha value is -0.130. The number of hydrogen-bond donors (Lipinski definition) is 0. The van der Waals surface area contributed by atoms with E-state index in [0.29, 0.717) is 5.41 Å². The molecule has 5 heteroatoms. The highest BCUT2D eigenvalue weighted by Gasteiger charge is 2.48. The summed E-state index contributed by atoms with van der Waals surface area (Å²) in [6.07, 6.45) is 3.61. The first kappa shape index (κ1) is 14.3. The predicted octanol–water partition coefficient (Wildman–Crippen LogP) is 1.39. The molecule has 0 unspecified atom stereocenters. The summed E-state index contributed by atoms with van der Waals surface area (Å²) in [4.78, 5) is 2.52. The summed E-state index contributed by atoms with van der Waals surface area (Å²) in [5.74, 6) is 0. The Balaban J connectivity index is 1.82. The van der Waals surface area contributed by atoms with Gasteiger partial charge in [0.15, 0.2) is 0 Å². The van der Waals surface area contributed by atoms with Crippen LogP contribution >= 0.6 is 0 Å². The highest BCUT2D eigenvalue weighted by molar-refractivity contribution is 7.88. The van der Waals surface area contributed by atoms with Crippen LogP contribution in [-0.4, -0.2) is 56.6 Å². The Morgan fingerprint density at radius 2 is 1.61 bits per heavy atom. The molecule has 0 bridgehead atoms. The van der Waals surface area contributed by atoms with Gasteiger partial charge in [-0.1, -0.05) is 20.8 Å². The van der Waals surface area contributed by atoms with Crippen molar-refractivity contribution in [3.05, 3.63) is 0 Å². The van der Waals surface area contributed by atoms with Crippen LogP contribution in [0.2, 0.25) is 0 Å². The van der Waals surface area contributed by atoms with E-state index in [0.717, 1.165) is 45.6 Å². The maximum Gasteiger partial charge on any atom is 0.211 e. The molecule has 2 aliphatic rings. The fraction of sp³-hybridized carbons (Fsp3) is 1.00. The summed E-state index contributed by atoms with van der Waals surface area (Å²) >= 11 is 0. The minimum absolute atomic E-state index is 0.289. The maximum absolute atomic E-state index is 11.4. The summed E-state index contributed by atoms with van der Waals surface area (Å²) in [6.45, 7) is 11.7. The Kier molecular flexibility index (Phi) is 3.54. The Bertz CT molecular complexity index is 395. The van der Waals surface area contributed by atoms with Crippen LogP contribution in [0.1, 0.15) is 33.6 Å². The number of sulfonamides is 1. The number of rotatable bonds is 2. The van der Waals surface area contributed by atoms with Crippen molar-refractivity contribution in [3.8, 4) is 0 Å². The fourth-order valence-electron chi connectivity index (χ4n) is 3.11. The summed E-state index contributed by atoms with van der Waals surface area (Å²) < 4.78 is 24.4. The van der Waals surface area contributed by atoms with E-state index in [9.17, 15) is 8.42 Å². The van der Waals surface area contributed by atoms with E-state index >= 15 is 0 Å². The molecule has 0 aromatic heterocycles. The smallest absolute Gasteiger partial charge is 0.211 e. The van der Waals surface area contributed by atoms with E-state index in [-0.39, 0.29) is 5.41 Å². The van der Waals surface area contributed by atoms with E-state index in [1.807, 2.05) is 0 Å². The highest BCUT2D eigenvalue weighted by atomic mass is 32.2. The van der Waals surface area contributed by atoms with Gasteiger partial charge in [-0.3, -0.25) is 0 Å². The third kappa shape index (κ3) is 3.25. The number of likely N-dealkylation sites (tertiary alicyclic amines) is 1. The number of nitrogens with zero attached hydrogens (tertiary/aromatic N) is 2. The Labute approximate surface area is 111 Å². The molecule has 2 aliphatic heterocycles. The van der Waals surface area contributed by atoms with Gasteiger partial charge in [-0.15, -0.1) is 0 Å². The molecule has 0 saturated carbocycles. The molecular formula is C13H26N2O2S. The molecule has 2 heterocycles. The lowest BCUT2D eigenvalue weighted by atomic mass is 9.73. The second-order valence-corrected chi connectivity index (χ2v) is 9.35. The molecule has 4 nitrogen and oxygen atoms in total. The van der Waals surface area contributed by atoms with Crippen LogP contribution in [0.15, 0.2) is 0 Å². The van der Waals surface area contributed by atoms with E-state index in [1.54, 1.807) is 4.31 Å². The third-order valence-electron chi connectivity index (χ3n) is 4.11. The van der Waals surface area contributed by atoms with Crippen LogP contribution in [0, 0.1) is 10.8 Å². The molecule has 0 aromatic rings. The van der Waals surface area contributed by atoms with Gasteiger partial charge in [-0.2, -0.15) is 0 Å². The van der Waals surface area contributed by atoms with Crippen LogP contribution < -0.4 is 0 Å². The minimum atomic E-state index is -2.96. The van der Waals surface area contributed by atoms with Gasteiger partial charge in [0.25, 0.3) is 0 Å². The van der Waals surface area contributed by atoms with Gasteiger partial charge in [0.1, 0.15) is 0 Å². The molecule has 0 radical (unpaired) electrons. The fourth-order valence-corrected chi connectivity index (χ4v) is 4.13. The molecule has 0 aliphatic carbocycles. The molecule has 106 valence electrons. The Morgan fingerprint density at radius 1 is 1.11 bits per heavy atom. The first-order chi connectivity index (χ1) is 8.10. The van der Waals surface area contributed by atoms with Crippen LogP contribution in [0.5, 0.6) is 0 Å². The third-order valence-corrected chi connectivity index (χ3v) is 5.30. The molecule has 0 atom stereocenters. The number of piperidine rings is 1. The SMILES string of the molecule is CC(C)(C)CN1CCC2(CC1)CN(S(C)(=O)=O)C2. The summed E-state index contributed by atoms with van der Waals surface area (Å²) in [7, 11) is -2.96. The molecule has 2 saturated heterocycles. The summed E-state index contributed by atoms with van der Waals surface area (Å²) in [5, 5.41) is 0. The predicted molar refractivity (Wildman–Crippen MR) is 74.0 cm³/mol. The minimum Gasteiger partial charge on any atom is -0.303 e. The van der Waals surface area contributed by atoms with Gasteiger partial charge in [0.2, 0.25) is 10.0 Å². The van der Waals surface area contributed by atoms with Gasteiger partial charge < -0.3 is 4.90 Å². The topological polar surface area (TPSA) is 40.6 Å². The maximum atomic E-state index is 11.4. The van der Waals surface area contributed by atoms with Crippen LogP contribution in [0.4, 0.5) is 0 Å². The largest absolute Gasteiger partial charge is 0.303 e. The molecule has 1 spiro atoms. The summed E-state index contributed by atoms with van der Waals surface area (Å²) in [5.41, 5.74) is 0.639. The standard InChI is InChI=1S/C13H26N2O2S/c1-12(2,3)9-14-7-5-13(6-8-14)10-15(11-13)18(4,16)17/h5-11H2,1-4H3. The van der Waals surface area contributed by atoms with Crippen molar-refractivity contribution < 1.29 is 8.42 Å². The Morgan fingerprint density at radius 3 is 2.00 bits per heavy atom. The van der Waals surface area contributed by atoms with Crippen molar-refractivity contribution >= 4 is 10.0 Å². The van der Waals surface area contributed by atoms with Gasteiger partial charge >= 0.3 is 0 Å². The first-order valence-corrected chi connectivity index (χ1v) is 8.62. The van der Waals surface area contributed by atoms with Crippen molar-refractivity contribution in [3.63, 3.8) is 0 Å². The average molecular weight is 274 g/mol. The second kappa shape index (κ2) is 4.46. The zero-order chi connectivity index (χ0) is 13.6. The number of hydrogen-bond acceptors (Lipinski definition) is 3. The zero-order valence-electron chi connectivity index (χ0n) is 12.1. The molecule has 2 fully saturated rings. The second-order valence-electron chi connectivity index (χ2n) is 7.37. The quantitative estimate of drug-likeness (QED) is 0.764. The first-order valence-electron chi connectivity index (χ1n) is 6.77. The van der Waals surface area contributed by atoms with Crippen molar-refractivity contribution in [2.24, 2.45) is 10.8 Å². The van der Waals surface area contributed by atoms with Crippen molar-refractivity contribution in [2.75, 3.05) is 39.0 Å².